The number of carboxylic acids is 1. The van der Waals surface area contributed by atoms with Crippen molar-refractivity contribution in [3.05, 3.63) is 53.0 Å². The minimum Gasteiger partial charge on any atom is -0.481 e. The van der Waals surface area contributed by atoms with E-state index in [0.29, 0.717) is 47.2 Å². The first kappa shape index (κ1) is 22.3. The predicted octanol–water partition coefficient (Wildman–Crippen LogP) is 4.89. The van der Waals surface area contributed by atoms with Gasteiger partial charge in [-0.1, -0.05) is 19.9 Å². The minimum absolute atomic E-state index is 0.328. The molecule has 168 valence electrons. The first-order valence-corrected chi connectivity index (χ1v) is 11.2. The largest absolute Gasteiger partial charge is 0.481 e. The van der Waals surface area contributed by atoms with Crippen LogP contribution in [0.2, 0.25) is 0 Å². The number of aliphatic hydroxyl groups is 1. The van der Waals surface area contributed by atoms with E-state index in [1.165, 1.54) is 11.3 Å². The Kier molecular flexibility index (Phi) is 5.72. The van der Waals surface area contributed by atoms with E-state index >= 15 is 0 Å². The van der Waals surface area contributed by atoms with E-state index < -0.39 is 22.9 Å². The number of carbonyl (C=O) groups is 1. The van der Waals surface area contributed by atoms with Gasteiger partial charge in [0.1, 0.15) is 28.1 Å². The molecular weight excluding hydrogens is 431 g/mol. The second-order valence-electron chi connectivity index (χ2n) is 9.01. The van der Waals surface area contributed by atoms with Crippen LogP contribution in [0.5, 0.6) is 0 Å². The zero-order valence-electron chi connectivity index (χ0n) is 18.1. The lowest BCUT2D eigenvalue weighted by Gasteiger charge is -2.44. The smallest absolute Gasteiger partial charge is 0.307 e. The molecule has 3 N–H and O–H groups in total. The van der Waals surface area contributed by atoms with Crippen LogP contribution in [0.15, 0.2) is 36.7 Å². The molecule has 1 fully saturated rings. The van der Waals surface area contributed by atoms with E-state index in [2.05, 4.69) is 20.3 Å². The first-order valence-electron chi connectivity index (χ1n) is 10.4. The van der Waals surface area contributed by atoms with Crippen LogP contribution in [0.25, 0.3) is 10.6 Å². The van der Waals surface area contributed by atoms with Crippen LogP contribution in [0.1, 0.15) is 43.7 Å². The Bertz CT molecular complexity index is 1170. The van der Waals surface area contributed by atoms with Gasteiger partial charge in [-0.2, -0.15) is 0 Å². The first-order chi connectivity index (χ1) is 15.1. The molecule has 2 atom stereocenters. The van der Waals surface area contributed by atoms with Gasteiger partial charge in [-0.3, -0.25) is 4.79 Å². The molecule has 3 aromatic heterocycles. The number of nitrogens with one attached hydrogen (secondary N) is 1. The molecule has 0 unspecified atom stereocenters. The highest BCUT2D eigenvalue weighted by atomic mass is 32.1. The second kappa shape index (κ2) is 8.22. The Morgan fingerprint density at radius 1 is 1.25 bits per heavy atom. The fourth-order valence-corrected chi connectivity index (χ4v) is 5.37. The second-order valence-corrected chi connectivity index (χ2v) is 10.0. The third-order valence-corrected chi connectivity index (χ3v) is 7.26. The Balaban J connectivity index is 1.55. The van der Waals surface area contributed by atoms with Gasteiger partial charge in [-0.25, -0.2) is 19.3 Å². The van der Waals surface area contributed by atoms with Gasteiger partial charge in [0.05, 0.1) is 22.7 Å². The number of pyridine rings is 2. The molecule has 1 aliphatic rings. The average Bonchev–Trinajstić information content (AvgIpc) is 3.21. The molecule has 3 aromatic rings. The lowest BCUT2D eigenvalue weighted by Crippen LogP contribution is -2.44. The van der Waals surface area contributed by atoms with Gasteiger partial charge >= 0.3 is 5.97 Å². The fraction of sp³-hybridized carbons (Fsp3) is 0.391. The minimum atomic E-state index is -1.16. The number of halogens is 1. The van der Waals surface area contributed by atoms with Crippen LogP contribution in [0.3, 0.4) is 0 Å². The number of hydrogen-bond acceptors (Lipinski definition) is 7. The topological polar surface area (TPSA) is 108 Å². The number of thiazole rings is 1. The summed E-state index contributed by atoms with van der Waals surface area (Å²) in [5, 5.41) is 24.5. The Morgan fingerprint density at radius 2 is 2.03 bits per heavy atom. The summed E-state index contributed by atoms with van der Waals surface area (Å²) in [6, 6.07) is 7.09. The van der Waals surface area contributed by atoms with Crippen molar-refractivity contribution in [2.24, 2.45) is 11.3 Å². The van der Waals surface area contributed by atoms with E-state index in [-0.39, 0.29) is 5.82 Å². The number of nitrogens with zero attached hydrogens (tertiary/aromatic N) is 3. The molecule has 7 nitrogen and oxygen atoms in total. The molecule has 0 amide bonds. The van der Waals surface area contributed by atoms with Gasteiger partial charge < -0.3 is 15.5 Å². The Labute approximate surface area is 189 Å². The van der Waals surface area contributed by atoms with Crippen molar-refractivity contribution in [3.8, 4) is 10.6 Å². The molecule has 4 rings (SSSR count). The summed E-state index contributed by atoms with van der Waals surface area (Å²) >= 11 is 1.36. The fourth-order valence-electron chi connectivity index (χ4n) is 4.37. The lowest BCUT2D eigenvalue weighted by atomic mass is 9.63. The van der Waals surface area contributed by atoms with Crippen LogP contribution < -0.4 is 5.32 Å². The standard InChI is InChI=1S/C23H25FN4O3S/c1-13-9-19(25-10-15(13)24)28-18-6-4-5-16(27-18)17-11-26-21(32-17)23(31)8-7-14(20(29)30)22(2,3)12-23/h4-6,9-11,14,31H,7-8,12H2,1-3H3,(H,29,30)(H,25,27,28)/t14-,23+/m0/s1. The summed E-state index contributed by atoms with van der Waals surface area (Å²) in [5.74, 6) is -0.637. The van der Waals surface area contributed by atoms with Crippen molar-refractivity contribution in [3.63, 3.8) is 0 Å². The number of anilines is 2. The molecule has 1 saturated carbocycles. The van der Waals surface area contributed by atoms with Gasteiger partial charge in [0.15, 0.2) is 0 Å². The number of aryl methyl sites for hydroxylation is 1. The van der Waals surface area contributed by atoms with Crippen LogP contribution in [-0.2, 0) is 10.4 Å². The molecule has 0 radical (unpaired) electrons. The van der Waals surface area contributed by atoms with E-state index in [0.717, 1.165) is 11.1 Å². The summed E-state index contributed by atoms with van der Waals surface area (Å²) in [7, 11) is 0. The predicted molar refractivity (Wildman–Crippen MR) is 120 cm³/mol. The van der Waals surface area contributed by atoms with Gasteiger partial charge in [-0.15, -0.1) is 11.3 Å². The molecule has 0 spiro atoms. The molecule has 0 saturated heterocycles. The maximum atomic E-state index is 13.5. The van der Waals surface area contributed by atoms with E-state index in [4.69, 9.17) is 0 Å². The molecule has 0 aromatic carbocycles. The van der Waals surface area contributed by atoms with E-state index in [1.54, 1.807) is 25.3 Å². The molecule has 0 bridgehead atoms. The molecule has 1 aliphatic carbocycles. The van der Waals surface area contributed by atoms with Gasteiger partial charge in [0.2, 0.25) is 0 Å². The van der Waals surface area contributed by atoms with Crippen LogP contribution in [0.4, 0.5) is 16.0 Å². The highest BCUT2D eigenvalue weighted by Gasteiger charge is 2.49. The summed E-state index contributed by atoms with van der Waals surface area (Å²) in [6.07, 6.45) is 3.92. The Hall–Kier alpha value is -2.91. The highest BCUT2D eigenvalue weighted by Crippen LogP contribution is 2.50. The summed E-state index contributed by atoms with van der Waals surface area (Å²) in [5.41, 5.74) is -0.546. The Morgan fingerprint density at radius 3 is 2.72 bits per heavy atom. The van der Waals surface area contributed by atoms with E-state index in [1.807, 2.05) is 26.0 Å². The average molecular weight is 457 g/mol. The van der Waals surface area contributed by atoms with Crippen LogP contribution in [-0.4, -0.2) is 31.1 Å². The van der Waals surface area contributed by atoms with Crippen LogP contribution >= 0.6 is 11.3 Å². The number of rotatable bonds is 5. The molecule has 3 heterocycles. The zero-order valence-corrected chi connectivity index (χ0v) is 18.9. The van der Waals surface area contributed by atoms with Crippen molar-refractivity contribution in [1.29, 1.82) is 0 Å². The number of carboxylic acid groups (broad SMARTS) is 1. The van der Waals surface area contributed by atoms with Gasteiger partial charge in [0, 0.05) is 6.20 Å². The SMILES string of the molecule is Cc1cc(Nc2cccc(-c3cnc([C@@]4(O)CC[C@@H](C(=O)O)C(C)(C)C4)s3)n2)ncc1F. The quantitative estimate of drug-likeness (QED) is 0.502. The normalized spacial score (nSPS) is 22.5. The third kappa shape index (κ3) is 4.35. The van der Waals surface area contributed by atoms with E-state index in [9.17, 15) is 19.4 Å². The van der Waals surface area contributed by atoms with Crippen molar-refractivity contribution in [1.82, 2.24) is 15.0 Å². The third-order valence-electron chi connectivity index (χ3n) is 6.04. The molecule has 9 heteroatoms. The summed E-state index contributed by atoms with van der Waals surface area (Å²) in [6.45, 7) is 5.43. The van der Waals surface area contributed by atoms with Crippen molar-refractivity contribution in [2.45, 2.75) is 45.6 Å². The maximum Gasteiger partial charge on any atom is 0.307 e. The van der Waals surface area contributed by atoms with Crippen molar-refractivity contribution in [2.75, 3.05) is 5.32 Å². The summed E-state index contributed by atoms with van der Waals surface area (Å²) in [4.78, 5) is 25.5. The zero-order chi connectivity index (χ0) is 23.1. The van der Waals surface area contributed by atoms with Gasteiger partial charge in [-0.05, 0) is 55.4 Å². The summed E-state index contributed by atoms with van der Waals surface area (Å²) < 4.78 is 13.5. The maximum absolute atomic E-state index is 13.5. The molecule has 32 heavy (non-hydrogen) atoms. The monoisotopic (exact) mass is 456 g/mol. The number of hydrogen-bond donors (Lipinski definition) is 3. The molecule has 0 aliphatic heterocycles. The van der Waals surface area contributed by atoms with Crippen molar-refractivity contribution >= 4 is 28.9 Å². The van der Waals surface area contributed by atoms with Crippen LogP contribution in [0, 0.1) is 24.1 Å². The highest BCUT2D eigenvalue weighted by molar-refractivity contribution is 7.15. The number of aliphatic carboxylic acids is 1. The van der Waals surface area contributed by atoms with Crippen molar-refractivity contribution < 1.29 is 19.4 Å². The number of aromatic nitrogens is 3. The lowest BCUT2D eigenvalue weighted by molar-refractivity contribution is -0.154. The molecular formula is C23H25FN4O3S. The van der Waals surface area contributed by atoms with Gasteiger partial charge in [0.25, 0.3) is 0 Å².